The Morgan fingerprint density at radius 1 is 1.12 bits per heavy atom. The summed E-state index contributed by atoms with van der Waals surface area (Å²) in [5.41, 5.74) is 2.45. The fourth-order valence-corrected chi connectivity index (χ4v) is 2.59. The van der Waals surface area contributed by atoms with Gasteiger partial charge in [-0.25, -0.2) is 0 Å². The minimum absolute atomic E-state index is 0.148. The lowest BCUT2D eigenvalue weighted by Crippen LogP contribution is -2.20. The van der Waals surface area contributed by atoms with Gasteiger partial charge in [-0.05, 0) is 56.1 Å². The number of rotatable bonds is 7. The van der Waals surface area contributed by atoms with Gasteiger partial charge in [-0.15, -0.1) is 0 Å². The highest BCUT2D eigenvalue weighted by Gasteiger charge is 2.07. The summed E-state index contributed by atoms with van der Waals surface area (Å²) in [7, 11) is 4.08. The molecule has 2 rings (SSSR count). The summed E-state index contributed by atoms with van der Waals surface area (Å²) in [6.45, 7) is 1.85. The second-order valence-electron chi connectivity index (χ2n) is 5.67. The molecule has 0 amide bonds. The Kier molecular flexibility index (Phi) is 6.85. The summed E-state index contributed by atoms with van der Waals surface area (Å²) in [5, 5.41) is 4.21. The highest BCUT2D eigenvalue weighted by molar-refractivity contribution is 6.37. The van der Waals surface area contributed by atoms with Gasteiger partial charge < -0.3 is 10.2 Å². The number of allylic oxidation sites excluding steroid dienone is 1. The van der Waals surface area contributed by atoms with Crippen LogP contribution >= 0.6 is 23.2 Å². The van der Waals surface area contributed by atoms with E-state index >= 15 is 0 Å². The van der Waals surface area contributed by atoms with Crippen LogP contribution in [0.3, 0.4) is 0 Å². The zero-order valence-electron chi connectivity index (χ0n) is 13.7. The van der Waals surface area contributed by atoms with E-state index in [1.807, 2.05) is 38.4 Å². The lowest BCUT2D eigenvalue weighted by Gasteiger charge is -2.11. The van der Waals surface area contributed by atoms with Crippen LogP contribution in [0.4, 0.5) is 5.69 Å². The Balaban J connectivity index is 1.97. The van der Waals surface area contributed by atoms with Crippen LogP contribution in [-0.2, 0) is 0 Å². The molecule has 0 heterocycles. The van der Waals surface area contributed by atoms with Gasteiger partial charge in [-0.2, -0.15) is 0 Å². The Hall–Kier alpha value is -1.81. The minimum Gasteiger partial charge on any atom is -0.384 e. The Labute approximate surface area is 152 Å². The second-order valence-corrected chi connectivity index (χ2v) is 6.52. The molecule has 0 atom stereocenters. The van der Waals surface area contributed by atoms with Crippen molar-refractivity contribution in [3.05, 3.63) is 69.7 Å². The SMILES string of the molecule is CN(C)CCNc1ccc(C=CC(=O)c2ccc(Cl)cc2Cl)cc1. The number of benzene rings is 2. The van der Waals surface area contributed by atoms with Gasteiger partial charge in [0.2, 0.25) is 0 Å². The number of likely N-dealkylation sites (N-methyl/N-ethyl adjacent to an activating group) is 1. The number of anilines is 1. The fraction of sp³-hybridized carbons (Fsp3) is 0.211. The highest BCUT2D eigenvalue weighted by atomic mass is 35.5. The highest BCUT2D eigenvalue weighted by Crippen LogP contribution is 2.22. The van der Waals surface area contributed by atoms with E-state index in [0.29, 0.717) is 15.6 Å². The number of ketones is 1. The van der Waals surface area contributed by atoms with Crippen LogP contribution in [0.25, 0.3) is 6.08 Å². The molecule has 0 aromatic heterocycles. The van der Waals surface area contributed by atoms with Crippen molar-refractivity contribution in [1.29, 1.82) is 0 Å². The molecule has 0 aliphatic carbocycles. The first kappa shape index (κ1) is 18.5. The van der Waals surface area contributed by atoms with Gasteiger partial charge in [-0.1, -0.05) is 41.4 Å². The zero-order chi connectivity index (χ0) is 17.5. The number of hydrogen-bond donors (Lipinski definition) is 1. The molecule has 0 unspecified atom stereocenters. The fourth-order valence-electron chi connectivity index (χ4n) is 2.09. The van der Waals surface area contributed by atoms with E-state index in [1.165, 1.54) is 6.08 Å². The van der Waals surface area contributed by atoms with E-state index in [1.54, 1.807) is 24.3 Å². The third-order valence-electron chi connectivity index (χ3n) is 3.42. The van der Waals surface area contributed by atoms with Gasteiger partial charge >= 0.3 is 0 Å². The first-order chi connectivity index (χ1) is 11.5. The minimum atomic E-state index is -0.148. The largest absolute Gasteiger partial charge is 0.384 e. The van der Waals surface area contributed by atoms with Gasteiger partial charge in [0, 0.05) is 29.4 Å². The quantitative estimate of drug-likeness (QED) is 0.563. The van der Waals surface area contributed by atoms with Gasteiger partial charge in [0.15, 0.2) is 5.78 Å². The van der Waals surface area contributed by atoms with Crippen molar-refractivity contribution in [2.24, 2.45) is 0 Å². The lowest BCUT2D eigenvalue weighted by atomic mass is 10.1. The van der Waals surface area contributed by atoms with E-state index < -0.39 is 0 Å². The number of carbonyl (C=O) groups is 1. The van der Waals surface area contributed by atoms with Crippen LogP contribution in [0.5, 0.6) is 0 Å². The molecule has 2 aromatic rings. The molecule has 0 saturated heterocycles. The summed E-state index contributed by atoms with van der Waals surface area (Å²) in [6.07, 6.45) is 3.29. The molecule has 0 saturated carbocycles. The predicted molar refractivity (Wildman–Crippen MR) is 103 cm³/mol. The maximum atomic E-state index is 12.2. The molecule has 24 heavy (non-hydrogen) atoms. The Morgan fingerprint density at radius 2 is 1.83 bits per heavy atom. The van der Waals surface area contributed by atoms with E-state index in [-0.39, 0.29) is 5.78 Å². The summed E-state index contributed by atoms with van der Waals surface area (Å²) < 4.78 is 0. The van der Waals surface area contributed by atoms with Crippen molar-refractivity contribution in [1.82, 2.24) is 4.90 Å². The average Bonchev–Trinajstić information content (AvgIpc) is 2.53. The van der Waals surface area contributed by atoms with Gasteiger partial charge in [0.05, 0.1) is 5.02 Å². The Bertz CT molecular complexity index is 725. The van der Waals surface area contributed by atoms with Crippen molar-refractivity contribution in [2.75, 3.05) is 32.5 Å². The molecule has 0 spiro atoms. The molecule has 0 bridgehead atoms. The molecule has 0 radical (unpaired) electrons. The maximum Gasteiger partial charge on any atom is 0.187 e. The lowest BCUT2D eigenvalue weighted by molar-refractivity contribution is 0.104. The molecule has 3 nitrogen and oxygen atoms in total. The van der Waals surface area contributed by atoms with Gasteiger partial charge in [0.25, 0.3) is 0 Å². The van der Waals surface area contributed by atoms with Crippen molar-refractivity contribution < 1.29 is 4.79 Å². The molecule has 1 N–H and O–H groups in total. The molecular formula is C19H20Cl2N2O. The number of hydrogen-bond acceptors (Lipinski definition) is 3. The normalized spacial score (nSPS) is 11.2. The van der Waals surface area contributed by atoms with Crippen molar-refractivity contribution in [2.45, 2.75) is 0 Å². The number of nitrogens with one attached hydrogen (secondary N) is 1. The van der Waals surface area contributed by atoms with Crippen LogP contribution in [-0.4, -0.2) is 37.9 Å². The molecule has 126 valence electrons. The van der Waals surface area contributed by atoms with Crippen LogP contribution in [0.2, 0.25) is 10.0 Å². The van der Waals surface area contributed by atoms with Crippen LogP contribution in [0.15, 0.2) is 48.5 Å². The predicted octanol–water partition coefficient (Wildman–Crippen LogP) is 4.86. The Morgan fingerprint density at radius 3 is 2.46 bits per heavy atom. The number of nitrogens with zero attached hydrogens (tertiary/aromatic N) is 1. The summed E-state index contributed by atoms with van der Waals surface area (Å²) in [5.74, 6) is -0.148. The molecule has 0 aliphatic heterocycles. The van der Waals surface area contributed by atoms with Crippen molar-refractivity contribution in [3.63, 3.8) is 0 Å². The van der Waals surface area contributed by atoms with Gasteiger partial charge in [0.1, 0.15) is 0 Å². The zero-order valence-corrected chi connectivity index (χ0v) is 15.2. The van der Waals surface area contributed by atoms with E-state index in [0.717, 1.165) is 24.3 Å². The standard InChI is InChI=1S/C19H20Cl2N2O/c1-23(2)12-11-22-16-7-3-14(4-8-16)5-10-19(24)17-9-6-15(20)13-18(17)21/h3-10,13,22H,11-12H2,1-2H3. The van der Waals surface area contributed by atoms with Crippen LogP contribution in [0.1, 0.15) is 15.9 Å². The van der Waals surface area contributed by atoms with Gasteiger partial charge in [-0.3, -0.25) is 4.79 Å². The number of carbonyl (C=O) groups excluding carboxylic acids is 1. The summed E-state index contributed by atoms with van der Waals surface area (Å²) >= 11 is 11.9. The smallest absolute Gasteiger partial charge is 0.187 e. The average molecular weight is 363 g/mol. The van der Waals surface area contributed by atoms with Crippen molar-refractivity contribution in [3.8, 4) is 0 Å². The topological polar surface area (TPSA) is 32.3 Å². The van der Waals surface area contributed by atoms with E-state index in [2.05, 4.69) is 10.2 Å². The number of halogens is 2. The van der Waals surface area contributed by atoms with Crippen molar-refractivity contribution >= 4 is 40.7 Å². The first-order valence-electron chi connectivity index (χ1n) is 7.62. The third-order valence-corrected chi connectivity index (χ3v) is 3.97. The summed E-state index contributed by atoms with van der Waals surface area (Å²) in [4.78, 5) is 14.3. The van der Waals surface area contributed by atoms with E-state index in [4.69, 9.17) is 23.2 Å². The molecule has 0 fully saturated rings. The molecular weight excluding hydrogens is 343 g/mol. The molecule has 5 heteroatoms. The monoisotopic (exact) mass is 362 g/mol. The second kappa shape index (κ2) is 8.88. The molecule has 2 aromatic carbocycles. The molecule has 0 aliphatic rings. The third kappa shape index (κ3) is 5.68. The van der Waals surface area contributed by atoms with E-state index in [9.17, 15) is 4.79 Å². The van der Waals surface area contributed by atoms with Crippen LogP contribution < -0.4 is 5.32 Å². The van der Waals surface area contributed by atoms with Crippen LogP contribution in [0, 0.1) is 0 Å². The summed E-state index contributed by atoms with van der Waals surface area (Å²) in [6, 6.07) is 12.8. The first-order valence-corrected chi connectivity index (χ1v) is 8.37. The maximum absolute atomic E-state index is 12.2.